The molecule has 0 bridgehead atoms. The first-order valence-corrected chi connectivity index (χ1v) is 6.88. The summed E-state index contributed by atoms with van der Waals surface area (Å²) in [4.78, 5) is 25.3. The van der Waals surface area contributed by atoms with Gasteiger partial charge in [-0.25, -0.2) is 4.79 Å². The normalized spacial score (nSPS) is 12.0. The van der Waals surface area contributed by atoms with Gasteiger partial charge in [0, 0.05) is 18.2 Å². The number of alkyl halides is 2. The summed E-state index contributed by atoms with van der Waals surface area (Å²) in [6, 6.07) is 2.60. The summed E-state index contributed by atoms with van der Waals surface area (Å²) in [6.07, 6.45) is 1.64. The molecular formula is C14H13F2N5O4. The molecule has 2 aromatic heterocycles. The molecule has 1 amide bonds. The Morgan fingerprint density at radius 1 is 1.56 bits per heavy atom. The van der Waals surface area contributed by atoms with Crippen LogP contribution in [0, 0.1) is 10.1 Å². The van der Waals surface area contributed by atoms with Crippen molar-refractivity contribution < 1.29 is 23.2 Å². The summed E-state index contributed by atoms with van der Waals surface area (Å²) in [5.74, 6) is 0. The molecule has 0 spiro atoms. The number of ether oxygens (including phenoxy) is 1. The number of nitrogens with zero attached hydrogens (tertiary/aromatic N) is 4. The van der Waals surface area contributed by atoms with Gasteiger partial charge < -0.3 is 10.5 Å². The molecule has 11 heteroatoms. The van der Waals surface area contributed by atoms with Gasteiger partial charge in [-0.1, -0.05) is 6.08 Å². The Kier molecular flexibility index (Phi) is 5.37. The number of rotatable bonds is 7. The molecule has 2 N–H and O–H groups in total. The fourth-order valence-corrected chi connectivity index (χ4v) is 2.21. The topological polar surface area (TPSA) is 126 Å². The van der Waals surface area contributed by atoms with Crippen molar-refractivity contribution in [1.29, 1.82) is 0 Å². The van der Waals surface area contributed by atoms with Crippen molar-refractivity contribution >= 4 is 11.8 Å². The number of carbonyl (C=O) groups is 1. The monoisotopic (exact) mass is 353 g/mol. The maximum atomic E-state index is 13.1. The van der Waals surface area contributed by atoms with Gasteiger partial charge >= 0.3 is 18.3 Å². The number of pyridine rings is 1. The van der Waals surface area contributed by atoms with Crippen molar-refractivity contribution in [3.63, 3.8) is 0 Å². The van der Waals surface area contributed by atoms with Crippen molar-refractivity contribution in [2.45, 2.75) is 19.1 Å². The Hall–Kier alpha value is -3.37. The van der Waals surface area contributed by atoms with E-state index in [1.165, 1.54) is 24.4 Å². The Labute approximate surface area is 139 Å². The van der Waals surface area contributed by atoms with E-state index >= 15 is 0 Å². The molecule has 0 aliphatic carbocycles. The van der Waals surface area contributed by atoms with E-state index in [2.05, 4.69) is 16.7 Å². The number of amides is 1. The summed E-state index contributed by atoms with van der Waals surface area (Å²) in [7, 11) is 0. The predicted octanol–water partition coefficient (Wildman–Crippen LogP) is 2.96. The number of aromatic nitrogens is 3. The summed E-state index contributed by atoms with van der Waals surface area (Å²) in [5, 5.41) is 14.4. The van der Waals surface area contributed by atoms with Crippen LogP contribution in [-0.4, -0.2) is 25.8 Å². The van der Waals surface area contributed by atoms with Gasteiger partial charge in [-0.05, 0) is 12.1 Å². The Morgan fingerprint density at radius 3 is 2.84 bits per heavy atom. The molecule has 0 saturated heterocycles. The van der Waals surface area contributed by atoms with Gasteiger partial charge in [0.2, 0.25) is 0 Å². The summed E-state index contributed by atoms with van der Waals surface area (Å²) >= 11 is 0. The van der Waals surface area contributed by atoms with Crippen LogP contribution in [0.3, 0.4) is 0 Å². The van der Waals surface area contributed by atoms with Crippen LogP contribution in [-0.2, 0) is 4.74 Å². The van der Waals surface area contributed by atoms with Crippen molar-refractivity contribution in [2.24, 2.45) is 5.73 Å². The predicted molar refractivity (Wildman–Crippen MR) is 81.6 cm³/mol. The van der Waals surface area contributed by atoms with Gasteiger partial charge in [-0.3, -0.25) is 15.1 Å². The molecule has 25 heavy (non-hydrogen) atoms. The summed E-state index contributed by atoms with van der Waals surface area (Å²) in [5.41, 5.74) is 4.26. The molecule has 0 aromatic carbocycles. The third kappa shape index (κ3) is 3.94. The molecule has 0 aliphatic rings. The molecule has 0 radical (unpaired) electrons. The van der Waals surface area contributed by atoms with Crippen LogP contribution in [0.5, 0.6) is 0 Å². The fourth-order valence-electron chi connectivity index (χ4n) is 2.21. The second-order valence-corrected chi connectivity index (χ2v) is 4.78. The zero-order valence-corrected chi connectivity index (χ0v) is 12.7. The van der Waals surface area contributed by atoms with E-state index in [0.717, 1.165) is 6.20 Å². The molecular weight excluding hydrogens is 340 g/mol. The SMILES string of the molecule is C=CC[C@@H](OC(N)=O)c1cc(-c2c([N+](=O)[O-])cnn2C(F)F)ccn1. The van der Waals surface area contributed by atoms with Crippen molar-refractivity contribution in [1.82, 2.24) is 14.8 Å². The number of primary amides is 1. The van der Waals surface area contributed by atoms with Crippen LogP contribution in [0.1, 0.15) is 24.8 Å². The van der Waals surface area contributed by atoms with Gasteiger partial charge in [-0.2, -0.15) is 18.6 Å². The third-order valence-corrected chi connectivity index (χ3v) is 3.18. The van der Waals surface area contributed by atoms with E-state index in [1.807, 2.05) is 0 Å². The number of halogens is 2. The molecule has 0 unspecified atom stereocenters. The Balaban J connectivity index is 2.55. The van der Waals surface area contributed by atoms with Crippen LogP contribution in [0.4, 0.5) is 19.3 Å². The fraction of sp³-hybridized carbons (Fsp3) is 0.214. The number of hydrogen-bond donors (Lipinski definition) is 1. The van der Waals surface area contributed by atoms with Gasteiger partial charge in [0.1, 0.15) is 12.3 Å². The Bertz CT molecular complexity index is 808. The maximum absolute atomic E-state index is 13.1. The first-order chi connectivity index (χ1) is 11.8. The van der Waals surface area contributed by atoms with E-state index in [-0.39, 0.29) is 28.1 Å². The lowest BCUT2D eigenvalue weighted by Gasteiger charge is -2.15. The van der Waals surface area contributed by atoms with Gasteiger partial charge in [0.15, 0.2) is 5.69 Å². The first-order valence-electron chi connectivity index (χ1n) is 6.88. The molecule has 2 aromatic rings. The van der Waals surface area contributed by atoms with Crippen molar-refractivity contribution in [2.75, 3.05) is 0 Å². The summed E-state index contributed by atoms with van der Waals surface area (Å²) < 4.78 is 31.3. The van der Waals surface area contributed by atoms with E-state index in [0.29, 0.717) is 0 Å². The quantitative estimate of drug-likeness (QED) is 0.463. The lowest BCUT2D eigenvalue weighted by Crippen LogP contribution is -2.18. The highest BCUT2D eigenvalue weighted by molar-refractivity contribution is 5.70. The highest BCUT2D eigenvalue weighted by atomic mass is 19.3. The second kappa shape index (κ2) is 7.47. The lowest BCUT2D eigenvalue weighted by molar-refractivity contribution is -0.384. The van der Waals surface area contributed by atoms with E-state index in [9.17, 15) is 23.7 Å². The summed E-state index contributed by atoms with van der Waals surface area (Å²) in [6.45, 7) is 0.440. The van der Waals surface area contributed by atoms with Gasteiger partial charge in [0.05, 0.1) is 10.6 Å². The van der Waals surface area contributed by atoms with E-state index < -0.39 is 29.4 Å². The molecule has 9 nitrogen and oxygen atoms in total. The molecule has 2 heterocycles. The average molecular weight is 353 g/mol. The minimum Gasteiger partial charge on any atom is -0.440 e. The number of hydrogen-bond acceptors (Lipinski definition) is 6. The van der Waals surface area contributed by atoms with Crippen LogP contribution < -0.4 is 5.73 Å². The van der Waals surface area contributed by atoms with Crippen LogP contribution in [0.25, 0.3) is 11.3 Å². The van der Waals surface area contributed by atoms with E-state index in [1.54, 1.807) is 0 Å². The molecule has 1 atom stereocenters. The second-order valence-electron chi connectivity index (χ2n) is 4.78. The van der Waals surface area contributed by atoms with Gasteiger partial charge in [-0.15, -0.1) is 6.58 Å². The van der Waals surface area contributed by atoms with Crippen LogP contribution >= 0.6 is 0 Å². The molecule has 2 rings (SSSR count). The highest BCUT2D eigenvalue weighted by Gasteiger charge is 2.27. The van der Waals surface area contributed by atoms with Crippen LogP contribution in [0.2, 0.25) is 0 Å². The van der Waals surface area contributed by atoms with Gasteiger partial charge in [0.25, 0.3) is 0 Å². The lowest BCUT2D eigenvalue weighted by atomic mass is 10.1. The van der Waals surface area contributed by atoms with E-state index in [4.69, 9.17) is 10.5 Å². The zero-order chi connectivity index (χ0) is 18.6. The molecule has 132 valence electrons. The minimum absolute atomic E-state index is 0.0663. The maximum Gasteiger partial charge on any atom is 0.405 e. The Morgan fingerprint density at radius 2 is 2.28 bits per heavy atom. The minimum atomic E-state index is -3.08. The molecule has 0 aliphatic heterocycles. The standard InChI is InChI=1S/C14H13F2N5O4/c1-2-3-11(25-14(17)22)9-6-8(4-5-18-9)12-10(21(23)24)7-19-20(12)13(15)16/h2,4-7,11,13H,1,3H2,(H2,17,22)/t11-/m1/s1. The third-order valence-electron chi connectivity index (χ3n) is 3.18. The first kappa shape index (κ1) is 18.0. The largest absolute Gasteiger partial charge is 0.440 e. The van der Waals surface area contributed by atoms with Crippen molar-refractivity contribution in [3.8, 4) is 11.3 Å². The molecule has 0 fully saturated rings. The molecule has 0 saturated carbocycles. The number of carbonyl (C=O) groups excluding carboxylic acids is 1. The smallest absolute Gasteiger partial charge is 0.405 e. The highest BCUT2D eigenvalue weighted by Crippen LogP contribution is 2.34. The number of nitrogens with two attached hydrogens (primary N) is 1. The van der Waals surface area contributed by atoms with Crippen LogP contribution in [0.15, 0.2) is 37.2 Å². The zero-order valence-electron chi connectivity index (χ0n) is 12.7. The average Bonchev–Trinajstić information content (AvgIpc) is 2.99. The number of nitro groups is 1. The van der Waals surface area contributed by atoms with Crippen molar-refractivity contribution in [3.05, 3.63) is 53.0 Å².